The first kappa shape index (κ1) is 20.7. The van der Waals surface area contributed by atoms with Gasteiger partial charge in [0.1, 0.15) is 5.82 Å². The van der Waals surface area contributed by atoms with E-state index in [9.17, 15) is 9.18 Å². The number of rotatable bonds is 6. The van der Waals surface area contributed by atoms with E-state index in [-0.39, 0.29) is 30.1 Å². The van der Waals surface area contributed by atoms with E-state index >= 15 is 0 Å². The molecule has 30 heavy (non-hydrogen) atoms. The van der Waals surface area contributed by atoms with Crippen LogP contribution in [0.2, 0.25) is 4.34 Å². The van der Waals surface area contributed by atoms with Crippen LogP contribution in [0.25, 0.3) is 0 Å². The van der Waals surface area contributed by atoms with Crippen molar-refractivity contribution in [1.82, 2.24) is 15.2 Å². The van der Waals surface area contributed by atoms with Crippen molar-refractivity contribution in [2.45, 2.75) is 18.5 Å². The summed E-state index contributed by atoms with van der Waals surface area (Å²) in [5.74, 6) is -0.752. The van der Waals surface area contributed by atoms with Gasteiger partial charge in [-0.05, 0) is 48.6 Å². The van der Waals surface area contributed by atoms with Gasteiger partial charge in [-0.1, -0.05) is 29.8 Å². The molecule has 0 saturated carbocycles. The Morgan fingerprint density at radius 2 is 2.03 bits per heavy atom. The average molecular weight is 461 g/mol. The van der Waals surface area contributed by atoms with Crippen LogP contribution >= 0.6 is 35.2 Å². The van der Waals surface area contributed by atoms with Gasteiger partial charge in [-0.2, -0.15) is 0 Å². The highest BCUT2D eigenvalue weighted by atomic mass is 35.5. The fourth-order valence-corrected chi connectivity index (χ4v) is 4.98. The number of hydrogen-bond donors (Lipinski definition) is 2. The fourth-order valence-electron chi connectivity index (χ4n) is 3.44. The first-order valence-corrected chi connectivity index (χ1v) is 10.9. The number of benzene rings is 1. The molecule has 3 heterocycles. The highest BCUT2D eigenvalue weighted by molar-refractivity contribution is 7.80. The van der Waals surface area contributed by atoms with Gasteiger partial charge < -0.3 is 15.5 Å². The van der Waals surface area contributed by atoms with Crippen LogP contribution in [0, 0.1) is 5.82 Å². The second kappa shape index (κ2) is 9.07. The number of para-hydroxylation sites is 1. The number of amides is 1. The summed E-state index contributed by atoms with van der Waals surface area (Å²) in [5.41, 5.74) is 1.02. The van der Waals surface area contributed by atoms with Crippen molar-refractivity contribution >= 4 is 51.9 Å². The van der Waals surface area contributed by atoms with Crippen molar-refractivity contribution in [2.75, 3.05) is 11.9 Å². The van der Waals surface area contributed by atoms with Crippen LogP contribution in [0.1, 0.15) is 29.1 Å². The Hall–Kier alpha value is -2.55. The third kappa shape index (κ3) is 4.45. The molecule has 3 aromatic rings. The van der Waals surface area contributed by atoms with Gasteiger partial charge in [-0.25, -0.2) is 4.39 Å². The highest BCUT2D eigenvalue weighted by Crippen LogP contribution is 2.42. The molecule has 1 aliphatic rings. The molecule has 0 spiro atoms. The third-order valence-electron chi connectivity index (χ3n) is 4.81. The zero-order valence-corrected chi connectivity index (χ0v) is 18.1. The largest absolute Gasteiger partial charge is 0.352 e. The fraction of sp³-hybridized carbons (Fsp3) is 0.190. The molecular formula is C21H18ClFN4OS2. The molecule has 5 nitrogen and oxygen atoms in total. The highest BCUT2D eigenvalue weighted by Gasteiger charge is 2.40. The number of anilines is 1. The van der Waals surface area contributed by atoms with Gasteiger partial charge in [-0.3, -0.25) is 9.78 Å². The SMILES string of the molecule is O=C(CCN1C(=S)NC(c2ccccn2)C1c1ccc(Cl)s1)Nc1ccccc1F. The van der Waals surface area contributed by atoms with E-state index in [4.69, 9.17) is 23.8 Å². The average Bonchev–Trinajstić information content (AvgIpc) is 3.31. The Morgan fingerprint density at radius 1 is 1.23 bits per heavy atom. The standard InChI is InChI=1S/C21H18ClFN4OS2/c22-17-9-8-16(30-17)20-19(15-7-3-4-11-24-15)26-21(29)27(20)12-10-18(28)25-14-6-2-1-5-13(14)23/h1-9,11,19-20H,10,12H2,(H,25,28)(H,26,29). The van der Waals surface area contributed by atoms with E-state index in [2.05, 4.69) is 15.6 Å². The molecule has 2 atom stereocenters. The maximum Gasteiger partial charge on any atom is 0.226 e. The summed E-state index contributed by atoms with van der Waals surface area (Å²) in [5, 5.41) is 6.48. The third-order valence-corrected chi connectivity index (χ3v) is 6.47. The number of thiocarbonyl (C=S) groups is 1. The molecule has 1 saturated heterocycles. The molecule has 9 heteroatoms. The summed E-state index contributed by atoms with van der Waals surface area (Å²) in [4.78, 5) is 19.9. The summed E-state index contributed by atoms with van der Waals surface area (Å²) in [6.45, 7) is 0.371. The normalized spacial score (nSPS) is 18.3. The van der Waals surface area contributed by atoms with Crippen LogP contribution in [0.3, 0.4) is 0 Å². The van der Waals surface area contributed by atoms with E-state index in [1.807, 2.05) is 35.2 Å². The summed E-state index contributed by atoms with van der Waals surface area (Å²) in [6, 6.07) is 15.3. The quantitative estimate of drug-likeness (QED) is 0.510. The number of nitrogens with zero attached hydrogens (tertiary/aromatic N) is 2. The van der Waals surface area contributed by atoms with Crippen LogP contribution in [0.5, 0.6) is 0 Å². The lowest BCUT2D eigenvalue weighted by atomic mass is 10.0. The van der Waals surface area contributed by atoms with Crippen molar-refractivity contribution in [3.8, 4) is 0 Å². The molecule has 2 aromatic heterocycles. The predicted octanol–water partition coefficient (Wildman–Crippen LogP) is 4.94. The second-order valence-electron chi connectivity index (χ2n) is 6.74. The van der Waals surface area contributed by atoms with Crippen LogP contribution in [-0.4, -0.2) is 27.4 Å². The monoisotopic (exact) mass is 460 g/mol. The van der Waals surface area contributed by atoms with Crippen LogP contribution < -0.4 is 10.6 Å². The molecule has 0 radical (unpaired) electrons. The minimum absolute atomic E-state index is 0.147. The number of halogens is 2. The minimum Gasteiger partial charge on any atom is -0.352 e. The van der Waals surface area contributed by atoms with Crippen LogP contribution in [-0.2, 0) is 4.79 Å². The van der Waals surface area contributed by atoms with Crippen molar-refractivity contribution in [3.63, 3.8) is 0 Å². The molecule has 154 valence electrons. The lowest BCUT2D eigenvalue weighted by molar-refractivity contribution is -0.116. The lowest BCUT2D eigenvalue weighted by Gasteiger charge is -2.26. The maximum atomic E-state index is 13.8. The first-order valence-electron chi connectivity index (χ1n) is 9.30. The molecular weight excluding hydrogens is 443 g/mol. The predicted molar refractivity (Wildman–Crippen MR) is 121 cm³/mol. The maximum absolute atomic E-state index is 13.8. The Balaban J connectivity index is 1.52. The summed E-state index contributed by atoms with van der Waals surface area (Å²) in [6.07, 6.45) is 1.89. The van der Waals surface area contributed by atoms with Crippen LogP contribution in [0.15, 0.2) is 60.8 Å². The van der Waals surface area contributed by atoms with E-state index in [1.165, 1.54) is 23.5 Å². The molecule has 0 bridgehead atoms. The van der Waals surface area contributed by atoms with E-state index in [0.717, 1.165) is 10.6 Å². The smallest absolute Gasteiger partial charge is 0.226 e. The molecule has 0 aliphatic carbocycles. The number of carbonyl (C=O) groups is 1. The van der Waals surface area contributed by atoms with E-state index in [1.54, 1.807) is 18.3 Å². The number of thiophene rings is 1. The number of nitrogens with one attached hydrogen (secondary N) is 2. The number of carbonyl (C=O) groups excluding carboxylic acids is 1. The Bertz CT molecular complexity index is 1060. The van der Waals surface area contributed by atoms with Gasteiger partial charge in [0.25, 0.3) is 0 Å². The zero-order valence-electron chi connectivity index (χ0n) is 15.7. The minimum atomic E-state index is -0.467. The molecule has 4 rings (SSSR count). The molecule has 1 fully saturated rings. The molecule has 2 unspecified atom stereocenters. The van der Waals surface area contributed by atoms with Gasteiger partial charge >= 0.3 is 0 Å². The molecule has 1 aromatic carbocycles. The second-order valence-corrected chi connectivity index (χ2v) is 8.87. The van der Waals surface area contributed by atoms with Gasteiger partial charge in [0.05, 0.1) is 27.8 Å². The van der Waals surface area contributed by atoms with E-state index < -0.39 is 5.82 Å². The van der Waals surface area contributed by atoms with Crippen molar-refractivity contribution < 1.29 is 9.18 Å². The first-order chi connectivity index (χ1) is 14.5. The molecule has 1 amide bonds. The molecule has 1 aliphatic heterocycles. The van der Waals surface area contributed by atoms with Gasteiger partial charge in [0.15, 0.2) is 5.11 Å². The topological polar surface area (TPSA) is 57.3 Å². The lowest BCUT2D eigenvalue weighted by Crippen LogP contribution is -2.32. The number of aromatic nitrogens is 1. The molecule has 2 N–H and O–H groups in total. The van der Waals surface area contributed by atoms with Gasteiger partial charge in [-0.15, -0.1) is 11.3 Å². The van der Waals surface area contributed by atoms with Crippen molar-refractivity contribution in [1.29, 1.82) is 0 Å². The van der Waals surface area contributed by atoms with Crippen LogP contribution in [0.4, 0.5) is 10.1 Å². The number of hydrogen-bond acceptors (Lipinski definition) is 4. The van der Waals surface area contributed by atoms with Gasteiger partial charge in [0, 0.05) is 24.0 Å². The summed E-state index contributed by atoms with van der Waals surface area (Å²) < 4.78 is 14.5. The Kier molecular flexibility index (Phi) is 6.26. The van der Waals surface area contributed by atoms with Crippen molar-refractivity contribution in [2.24, 2.45) is 0 Å². The Morgan fingerprint density at radius 3 is 2.73 bits per heavy atom. The Labute approximate surface area is 187 Å². The number of pyridine rings is 1. The summed E-state index contributed by atoms with van der Waals surface area (Å²) in [7, 11) is 0. The zero-order chi connectivity index (χ0) is 21.1. The van der Waals surface area contributed by atoms with E-state index in [0.29, 0.717) is 16.0 Å². The van der Waals surface area contributed by atoms with Crippen molar-refractivity contribution in [3.05, 3.63) is 81.5 Å². The van der Waals surface area contributed by atoms with Gasteiger partial charge in [0.2, 0.25) is 5.91 Å². The summed E-state index contributed by atoms with van der Waals surface area (Å²) >= 11 is 13.2.